The van der Waals surface area contributed by atoms with Crippen LogP contribution in [-0.4, -0.2) is 17.1 Å². The predicted molar refractivity (Wildman–Crippen MR) is 50.4 cm³/mol. The average molecular weight is 243 g/mol. The van der Waals surface area contributed by atoms with E-state index in [1.807, 2.05) is 0 Å². The maximum Gasteiger partial charge on any atom is 0.331 e. The Labute approximate surface area is 88.9 Å². The van der Waals surface area contributed by atoms with Crippen LogP contribution in [0.25, 0.3) is 0 Å². The van der Waals surface area contributed by atoms with Crippen LogP contribution < -0.4 is 11.1 Å². The van der Waals surface area contributed by atoms with Crippen LogP contribution in [0.5, 0.6) is 0 Å². The maximum atomic E-state index is 10.6. The Hall–Kier alpha value is -0.580. The van der Waals surface area contributed by atoms with Gasteiger partial charge in [0.2, 0.25) is 0 Å². The Morgan fingerprint density at radius 3 is 2.46 bits per heavy atom. The van der Waals surface area contributed by atoms with E-state index >= 15 is 0 Å². The molecule has 4 N–H and O–H groups in total. The summed E-state index contributed by atoms with van der Waals surface area (Å²) in [7, 11) is 0. The van der Waals surface area contributed by atoms with Gasteiger partial charge >= 0.3 is 5.97 Å². The number of halogens is 3. The van der Waals surface area contributed by atoms with Crippen molar-refractivity contribution in [1.29, 1.82) is 0 Å². The summed E-state index contributed by atoms with van der Waals surface area (Å²) in [5.74, 6) is -1.17. The molecule has 0 aromatic heterocycles. The first-order chi connectivity index (χ1) is 5.95. The van der Waals surface area contributed by atoms with Crippen LogP contribution >= 0.6 is 34.8 Å². The third-order valence-electron chi connectivity index (χ3n) is 1.46. The van der Waals surface area contributed by atoms with Crippen molar-refractivity contribution < 1.29 is 9.90 Å². The first kappa shape index (κ1) is 10.5. The lowest BCUT2D eigenvalue weighted by Crippen LogP contribution is -2.39. The minimum atomic E-state index is -1.17. The number of allylic oxidation sites excluding steroid dienone is 1. The normalized spacial score (nSPS) is 23.2. The summed E-state index contributed by atoms with van der Waals surface area (Å²) in [4.78, 5) is 10.6. The summed E-state index contributed by atoms with van der Waals surface area (Å²) in [6.45, 7) is 0. The molecule has 1 heterocycles. The molecule has 0 bridgehead atoms. The van der Waals surface area contributed by atoms with Gasteiger partial charge in [-0.3, -0.25) is 0 Å². The van der Waals surface area contributed by atoms with E-state index in [1.165, 1.54) is 0 Å². The van der Waals surface area contributed by atoms with Gasteiger partial charge in [0.25, 0.3) is 0 Å². The van der Waals surface area contributed by atoms with E-state index in [0.29, 0.717) is 0 Å². The molecule has 1 aliphatic rings. The van der Waals surface area contributed by atoms with Crippen molar-refractivity contribution in [2.75, 3.05) is 0 Å². The number of nitrogens with one attached hydrogen (secondary N) is 1. The first-order valence-corrected chi connectivity index (χ1v) is 4.28. The molecule has 1 atom stereocenters. The van der Waals surface area contributed by atoms with Crippen LogP contribution in [0, 0.1) is 0 Å². The van der Waals surface area contributed by atoms with Crippen LogP contribution in [-0.2, 0) is 4.79 Å². The quantitative estimate of drug-likeness (QED) is 0.603. The summed E-state index contributed by atoms with van der Waals surface area (Å²) < 4.78 is 0. The van der Waals surface area contributed by atoms with Gasteiger partial charge in [-0.1, -0.05) is 34.8 Å². The number of rotatable bonds is 1. The Bertz CT molecular complexity index is 324. The fourth-order valence-electron chi connectivity index (χ4n) is 0.802. The molecule has 0 radical (unpaired) electrons. The Kier molecular flexibility index (Phi) is 2.95. The van der Waals surface area contributed by atoms with Crippen LogP contribution in [0.3, 0.4) is 0 Å². The van der Waals surface area contributed by atoms with E-state index in [9.17, 15) is 4.79 Å². The monoisotopic (exact) mass is 242 g/mol. The number of hydrogen-bond donors (Lipinski definition) is 3. The first-order valence-electron chi connectivity index (χ1n) is 3.15. The van der Waals surface area contributed by atoms with E-state index in [0.717, 1.165) is 0 Å². The standard InChI is InChI=1S/C6H5Cl3N2O2/c7-1-3(10)2(8)5(9)11-4(1)6(12)13/h4,11H,10H2,(H,12,13). The second-order valence-corrected chi connectivity index (χ2v) is 3.47. The molecule has 0 aromatic rings. The van der Waals surface area contributed by atoms with Gasteiger partial charge in [0.05, 0.1) is 15.8 Å². The number of hydrogen-bond acceptors (Lipinski definition) is 3. The number of carboxylic acids is 1. The van der Waals surface area contributed by atoms with Crippen LogP contribution in [0.4, 0.5) is 0 Å². The van der Waals surface area contributed by atoms with Crippen LogP contribution in [0.15, 0.2) is 20.9 Å². The van der Waals surface area contributed by atoms with Gasteiger partial charge in [-0.2, -0.15) is 0 Å². The zero-order chi connectivity index (χ0) is 10.2. The van der Waals surface area contributed by atoms with Crippen molar-refractivity contribution in [1.82, 2.24) is 5.32 Å². The van der Waals surface area contributed by atoms with Gasteiger partial charge in [0, 0.05) is 0 Å². The van der Waals surface area contributed by atoms with Crippen LogP contribution in [0.2, 0.25) is 0 Å². The molecule has 0 aliphatic carbocycles. The smallest absolute Gasteiger partial charge is 0.331 e. The number of carboxylic acid groups (broad SMARTS) is 1. The molecule has 0 amide bonds. The molecule has 4 nitrogen and oxygen atoms in total. The zero-order valence-corrected chi connectivity index (χ0v) is 8.41. The molecule has 0 fully saturated rings. The lowest BCUT2D eigenvalue weighted by atomic mass is 10.2. The molecule has 1 unspecified atom stereocenters. The van der Waals surface area contributed by atoms with Gasteiger partial charge in [-0.25, -0.2) is 4.79 Å². The van der Waals surface area contributed by atoms with Gasteiger partial charge in [0.1, 0.15) is 5.16 Å². The Balaban J connectivity index is 3.11. The second-order valence-electron chi connectivity index (χ2n) is 2.31. The fraction of sp³-hybridized carbons (Fsp3) is 0.167. The van der Waals surface area contributed by atoms with Crippen molar-refractivity contribution in [2.45, 2.75) is 6.04 Å². The molecule has 0 spiro atoms. The summed E-state index contributed by atoms with van der Waals surface area (Å²) >= 11 is 16.8. The molecular weight excluding hydrogens is 238 g/mol. The fourth-order valence-corrected chi connectivity index (χ4v) is 1.46. The lowest BCUT2D eigenvalue weighted by Gasteiger charge is -2.21. The van der Waals surface area contributed by atoms with Crippen molar-refractivity contribution in [3.05, 3.63) is 20.9 Å². The van der Waals surface area contributed by atoms with E-state index in [-0.39, 0.29) is 20.9 Å². The molecule has 0 saturated heterocycles. The minimum absolute atomic E-state index is 0.0144. The van der Waals surface area contributed by atoms with E-state index in [1.54, 1.807) is 0 Å². The van der Waals surface area contributed by atoms with E-state index in [4.69, 9.17) is 45.6 Å². The highest BCUT2D eigenvalue weighted by molar-refractivity contribution is 6.43. The van der Waals surface area contributed by atoms with Crippen molar-refractivity contribution >= 4 is 40.8 Å². The SMILES string of the molecule is NC1=C(Cl)C(C(=O)O)NC(Cl)=C1Cl. The molecule has 7 heteroatoms. The summed E-state index contributed by atoms with van der Waals surface area (Å²) in [5, 5.41) is 11.0. The second kappa shape index (κ2) is 3.65. The number of nitrogens with two attached hydrogens (primary N) is 1. The third kappa shape index (κ3) is 1.85. The highest BCUT2D eigenvalue weighted by atomic mass is 35.5. The molecule has 0 saturated carbocycles. The molecule has 1 aliphatic heterocycles. The number of dihydropyridines is 1. The van der Waals surface area contributed by atoms with Crippen LogP contribution in [0.1, 0.15) is 0 Å². The van der Waals surface area contributed by atoms with Crippen molar-refractivity contribution in [3.63, 3.8) is 0 Å². The molecular formula is C6H5Cl3N2O2. The lowest BCUT2D eigenvalue weighted by molar-refractivity contribution is -0.138. The van der Waals surface area contributed by atoms with E-state index in [2.05, 4.69) is 5.32 Å². The van der Waals surface area contributed by atoms with Gasteiger partial charge in [0.15, 0.2) is 6.04 Å². The Morgan fingerprint density at radius 2 is 2.00 bits per heavy atom. The number of aliphatic carboxylic acids is 1. The largest absolute Gasteiger partial charge is 0.479 e. The average Bonchev–Trinajstić information content (AvgIpc) is 2.07. The maximum absolute atomic E-state index is 10.6. The molecule has 72 valence electrons. The van der Waals surface area contributed by atoms with E-state index < -0.39 is 12.0 Å². The summed E-state index contributed by atoms with van der Waals surface area (Å²) in [5.41, 5.74) is 5.40. The minimum Gasteiger partial charge on any atom is -0.479 e. The number of carbonyl (C=O) groups is 1. The third-order valence-corrected chi connectivity index (χ3v) is 2.67. The molecule has 1 rings (SSSR count). The van der Waals surface area contributed by atoms with Gasteiger partial charge in [-0.15, -0.1) is 0 Å². The summed E-state index contributed by atoms with van der Waals surface area (Å²) in [6.07, 6.45) is 0. The molecule has 13 heavy (non-hydrogen) atoms. The van der Waals surface area contributed by atoms with Gasteiger partial charge in [-0.05, 0) is 0 Å². The molecule has 0 aromatic carbocycles. The van der Waals surface area contributed by atoms with Gasteiger partial charge < -0.3 is 16.2 Å². The predicted octanol–water partition coefficient (Wildman–Crippen LogP) is 1.10. The zero-order valence-electron chi connectivity index (χ0n) is 6.14. The topological polar surface area (TPSA) is 75.4 Å². The highest BCUT2D eigenvalue weighted by Crippen LogP contribution is 2.28. The Morgan fingerprint density at radius 1 is 1.46 bits per heavy atom. The van der Waals surface area contributed by atoms with Crippen molar-refractivity contribution in [3.8, 4) is 0 Å². The summed E-state index contributed by atoms with van der Waals surface area (Å²) in [6, 6.07) is -1.13. The van der Waals surface area contributed by atoms with Crippen molar-refractivity contribution in [2.24, 2.45) is 5.73 Å². The highest BCUT2D eigenvalue weighted by Gasteiger charge is 2.29.